The topological polar surface area (TPSA) is 98.5 Å². The van der Waals surface area contributed by atoms with Crippen molar-refractivity contribution in [2.75, 3.05) is 5.32 Å². The number of rotatable bonds is 8. The molecule has 0 bridgehead atoms. The molecule has 1 aliphatic carbocycles. The third kappa shape index (κ3) is 4.88. The Morgan fingerprint density at radius 2 is 2.00 bits per heavy atom. The first-order valence-electron chi connectivity index (χ1n) is 10.3. The molecule has 164 valence electrons. The summed E-state index contributed by atoms with van der Waals surface area (Å²) < 4.78 is 7.89. The minimum absolute atomic E-state index is 0.0305. The van der Waals surface area contributed by atoms with E-state index in [4.69, 9.17) is 16.3 Å². The summed E-state index contributed by atoms with van der Waals surface area (Å²) in [5.74, 6) is 0.463. The molecule has 1 heterocycles. The molecule has 32 heavy (non-hydrogen) atoms. The van der Waals surface area contributed by atoms with Gasteiger partial charge in [-0.2, -0.15) is 10.1 Å². The minimum atomic E-state index is -0.981. The molecule has 2 unspecified atom stereocenters. The minimum Gasteiger partial charge on any atom is -0.435 e. The van der Waals surface area contributed by atoms with Gasteiger partial charge in [-0.1, -0.05) is 30.7 Å². The van der Waals surface area contributed by atoms with E-state index in [9.17, 15) is 9.59 Å². The molecule has 8 nitrogen and oxygen atoms in total. The van der Waals surface area contributed by atoms with Gasteiger partial charge in [0.25, 0.3) is 0 Å². The normalized spacial score (nSPS) is 15.8. The Bertz CT molecular complexity index is 1110. The van der Waals surface area contributed by atoms with E-state index in [1.807, 2.05) is 12.1 Å². The van der Waals surface area contributed by atoms with Crippen molar-refractivity contribution < 1.29 is 14.3 Å². The molecule has 9 heteroatoms. The van der Waals surface area contributed by atoms with Crippen molar-refractivity contribution in [3.8, 4) is 0 Å². The number of anilines is 1. The highest BCUT2D eigenvalue weighted by atomic mass is 35.5. The standard InChI is InChI=1S/C23H22ClN5O3/c1-16(17-2-3-17)23(12-29-14-25-13-27-29,18-4-6-19(24)7-5-18)32-22(31)28-21-10-8-20(9-11-21)26-15-30/h4-11,13-14,16-17H,2-3,12H2,1H3,(H,28,31). The smallest absolute Gasteiger partial charge is 0.412 e. The van der Waals surface area contributed by atoms with Crippen LogP contribution in [0.3, 0.4) is 0 Å². The third-order valence-corrected chi connectivity index (χ3v) is 6.08. The molecule has 3 aromatic rings. The van der Waals surface area contributed by atoms with Crippen molar-refractivity contribution in [2.24, 2.45) is 16.8 Å². The zero-order valence-electron chi connectivity index (χ0n) is 17.4. The van der Waals surface area contributed by atoms with Crippen molar-refractivity contribution in [3.05, 3.63) is 71.8 Å². The van der Waals surface area contributed by atoms with Gasteiger partial charge in [-0.25, -0.2) is 19.3 Å². The van der Waals surface area contributed by atoms with Gasteiger partial charge in [0, 0.05) is 16.6 Å². The highest BCUT2D eigenvalue weighted by Gasteiger charge is 2.49. The third-order valence-electron chi connectivity index (χ3n) is 5.82. The first-order valence-corrected chi connectivity index (χ1v) is 10.6. The molecule has 0 saturated heterocycles. The van der Waals surface area contributed by atoms with E-state index in [0.29, 0.717) is 28.9 Å². The quantitative estimate of drug-likeness (QED) is 0.380. The van der Waals surface area contributed by atoms with Crippen LogP contribution in [0, 0.1) is 11.8 Å². The van der Waals surface area contributed by atoms with Crippen LogP contribution in [0.5, 0.6) is 0 Å². The molecule has 2 aromatic carbocycles. The van der Waals surface area contributed by atoms with Gasteiger partial charge in [-0.15, -0.1) is 0 Å². The van der Waals surface area contributed by atoms with Gasteiger partial charge in [-0.3, -0.25) is 5.32 Å². The van der Waals surface area contributed by atoms with Crippen molar-refractivity contribution in [3.63, 3.8) is 0 Å². The summed E-state index contributed by atoms with van der Waals surface area (Å²) in [6, 6.07) is 13.9. The number of aromatic nitrogens is 3. The van der Waals surface area contributed by atoms with Gasteiger partial charge in [-0.05, 0) is 60.7 Å². The lowest BCUT2D eigenvalue weighted by Crippen LogP contribution is -2.44. The number of nitrogens with zero attached hydrogens (tertiary/aromatic N) is 4. The number of hydrogen-bond acceptors (Lipinski definition) is 6. The average molecular weight is 452 g/mol. The van der Waals surface area contributed by atoms with Crippen LogP contribution in [0.2, 0.25) is 5.02 Å². The van der Waals surface area contributed by atoms with E-state index in [2.05, 4.69) is 27.3 Å². The van der Waals surface area contributed by atoms with E-state index < -0.39 is 11.7 Å². The number of hydrogen-bond donors (Lipinski definition) is 1. The highest BCUT2D eigenvalue weighted by molar-refractivity contribution is 6.30. The molecule has 1 aliphatic rings. The van der Waals surface area contributed by atoms with Gasteiger partial charge in [0.2, 0.25) is 6.08 Å². The lowest BCUT2D eigenvalue weighted by Gasteiger charge is -2.39. The maximum absolute atomic E-state index is 13.1. The highest BCUT2D eigenvalue weighted by Crippen LogP contribution is 2.48. The Labute approximate surface area is 190 Å². The molecule has 0 radical (unpaired) electrons. The van der Waals surface area contributed by atoms with Crippen LogP contribution in [0.1, 0.15) is 25.3 Å². The summed E-state index contributed by atoms with van der Waals surface area (Å²) in [6.07, 6.45) is 6.12. The molecule has 1 amide bonds. The molecule has 0 aliphatic heterocycles. The first-order chi connectivity index (χ1) is 15.5. The number of nitrogens with one attached hydrogen (secondary N) is 1. The zero-order valence-corrected chi connectivity index (χ0v) is 18.2. The number of amides is 1. The van der Waals surface area contributed by atoms with Gasteiger partial charge < -0.3 is 4.74 Å². The van der Waals surface area contributed by atoms with Crippen LogP contribution in [-0.2, 0) is 21.7 Å². The van der Waals surface area contributed by atoms with Crippen LogP contribution in [0.15, 0.2) is 66.2 Å². The fourth-order valence-electron chi connectivity index (χ4n) is 3.93. The lowest BCUT2D eigenvalue weighted by atomic mass is 9.79. The second kappa shape index (κ2) is 9.34. The molecule has 1 saturated carbocycles. The molecule has 1 N–H and O–H groups in total. The molecule has 1 aromatic heterocycles. The largest absolute Gasteiger partial charge is 0.435 e. The monoisotopic (exact) mass is 451 g/mol. The first kappa shape index (κ1) is 21.7. The number of ether oxygens (including phenoxy) is 1. The molecule has 2 atom stereocenters. The summed E-state index contributed by atoms with van der Waals surface area (Å²) in [4.78, 5) is 31.1. The van der Waals surface area contributed by atoms with Crippen molar-refractivity contribution in [2.45, 2.75) is 31.9 Å². The molecular formula is C23H22ClN5O3. The van der Waals surface area contributed by atoms with Crippen molar-refractivity contribution >= 4 is 35.1 Å². The van der Waals surface area contributed by atoms with Crippen molar-refractivity contribution in [1.29, 1.82) is 0 Å². The maximum atomic E-state index is 13.1. The Kier molecular flexibility index (Phi) is 6.35. The second-order valence-electron chi connectivity index (χ2n) is 7.88. The Hall–Kier alpha value is -3.48. The molecule has 0 spiro atoms. The summed E-state index contributed by atoms with van der Waals surface area (Å²) in [6.45, 7) is 2.41. The van der Waals surface area contributed by atoms with Crippen LogP contribution >= 0.6 is 11.6 Å². The molecule has 1 fully saturated rings. The van der Waals surface area contributed by atoms with Crippen LogP contribution < -0.4 is 5.32 Å². The summed E-state index contributed by atoms with van der Waals surface area (Å²) in [5, 5.41) is 7.62. The second-order valence-corrected chi connectivity index (χ2v) is 8.32. The summed E-state index contributed by atoms with van der Waals surface area (Å²) >= 11 is 6.13. The van der Waals surface area contributed by atoms with Gasteiger partial charge in [0.05, 0.1) is 12.2 Å². The maximum Gasteiger partial charge on any atom is 0.412 e. The SMILES string of the molecule is CC(C1CC1)C(Cn1cncn1)(OC(=O)Nc1ccc(N=C=O)cc1)c1ccc(Cl)cc1. The van der Waals surface area contributed by atoms with Gasteiger partial charge in [0.1, 0.15) is 12.7 Å². The predicted molar refractivity (Wildman–Crippen MR) is 119 cm³/mol. The number of carbonyl (C=O) groups excluding carboxylic acids is 2. The van der Waals surface area contributed by atoms with Crippen molar-refractivity contribution in [1.82, 2.24) is 14.8 Å². The lowest BCUT2D eigenvalue weighted by molar-refractivity contribution is -0.0514. The Morgan fingerprint density at radius 3 is 2.59 bits per heavy atom. The van der Waals surface area contributed by atoms with Crippen LogP contribution in [0.25, 0.3) is 0 Å². The fourth-order valence-corrected chi connectivity index (χ4v) is 4.05. The number of carbonyl (C=O) groups is 1. The van der Waals surface area contributed by atoms with E-state index in [0.717, 1.165) is 18.4 Å². The van der Waals surface area contributed by atoms with Gasteiger partial charge in [0.15, 0.2) is 5.60 Å². The molecular weight excluding hydrogens is 430 g/mol. The number of benzene rings is 2. The number of halogens is 1. The van der Waals surface area contributed by atoms with E-state index in [1.54, 1.807) is 47.4 Å². The van der Waals surface area contributed by atoms with E-state index >= 15 is 0 Å². The summed E-state index contributed by atoms with van der Waals surface area (Å²) in [5.41, 5.74) is 0.820. The van der Waals surface area contributed by atoms with E-state index in [1.165, 1.54) is 12.4 Å². The fraction of sp³-hybridized carbons (Fsp3) is 0.304. The average Bonchev–Trinajstić information content (AvgIpc) is 3.51. The van der Waals surface area contributed by atoms with E-state index in [-0.39, 0.29) is 5.92 Å². The number of isocyanates is 1. The number of aliphatic imine (C=N–C) groups is 1. The predicted octanol–water partition coefficient (Wildman–Crippen LogP) is 5.09. The Morgan fingerprint density at radius 1 is 1.28 bits per heavy atom. The van der Waals surface area contributed by atoms with Gasteiger partial charge >= 0.3 is 6.09 Å². The molecule has 4 rings (SSSR count). The van der Waals surface area contributed by atoms with Crippen LogP contribution in [0.4, 0.5) is 16.2 Å². The zero-order chi connectivity index (χ0) is 22.6. The summed E-state index contributed by atoms with van der Waals surface area (Å²) in [7, 11) is 0. The van der Waals surface area contributed by atoms with Crippen LogP contribution in [-0.4, -0.2) is 26.9 Å². The Balaban J connectivity index is 1.66.